The third-order valence-corrected chi connectivity index (χ3v) is 6.55. The van der Waals surface area contributed by atoms with Crippen molar-refractivity contribution in [1.82, 2.24) is 0 Å². The van der Waals surface area contributed by atoms with Crippen LogP contribution >= 0.6 is 22.6 Å². The van der Waals surface area contributed by atoms with Gasteiger partial charge in [-0.2, -0.15) is 5.26 Å². The van der Waals surface area contributed by atoms with Gasteiger partial charge in [-0.05, 0) is 92.9 Å². The molecule has 0 fully saturated rings. The Hall–Kier alpha value is -3.83. The van der Waals surface area contributed by atoms with Crippen molar-refractivity contribution in [2.24, 2.45) is 0 Å². The number of hydrogen-bond acceptors (Lipinski definition) is 4. The van der Waals surface area contributed by atoms with Crippen LogP contribution in [0.15, 0.2) is 84.4 Å². The van der Waals surface area contributed by atoms with E-state index in [1.54, 1.807) is 19.3 Å². The van der Waals surface area contributed by atoms with Crippen LogP contribution in [0.3, 0.4) is 0 Å². The summed E-state index contributed by atoms with van der Waals surface area (Å²) in [4.78, 5) is 12.7. The molecule has 0 saturated carbocycles. The monoisotopic (exact) mass is 588 g/mol. The Balaban J connectivity index is 1.52. The van der Waals surface area contributed by atoms with Gasteiger partial charge >= 0.3 is 0 Å². The van der Waals surface area contributed by atoms with E-state index in [1.807, 2.05) is 54.6 Å². The highest BCUT2D eigenvalue weighted by molar-refractivity contribution is 14.1. The molecule has 0 unspecified atom stereocenters. The van der Waals surface area contributed by atoms with Gasteiger partial charge in [-0.1, -0.05) is 55.5 Å². The lowest BCUT2D eigenvalue weighted by molar-refractivity contribution is -0.112. The number of amides is 1. The highest BCUT2D eigenvalue weighted by Gasteiger charge is 2.14. The summed E-state index contributed by atoms with van der Waals surface area (Å²) in [7, 11) is 1.57. The number of carbonyl (C=O) groups is 1. The maximum absolute atomic E-state index is 12.7. The smallest absolute Gasteiger partial charge is 0.266 e. The van der Waals surface area contributed by atoms with Crippen molar-refractivity contribution in [2.75, 3.05) is 12.4 Å². The Morgan fingerprint density at radius 1 is 1.00 bits per heavy atom. The molecular weight excluding hydrogens is 563 g/mol. The third-order valence-electron chi connectivity index (χ3n) is 5.74. The maximum Gasteiger partial charge on any atom is 0.266 e. The summed E-state index contributed by atoms with van der Waals surface area (Å²) in [5, 5.41) is 14.7. The molecule has 0 radical (unpaired) electrons. The fourth-order valence-electron chi connectivity index (χ4n) is 3.78. The standard InChI is InChI=1S/C30H25IN2O3/c1-3-20-9-12-26(13-10-20)33-30(34)25(18-32)15-22-16-27(31)29(28(17-22)35-2)36-19-21-8-11-23-6-4-5-7-24(23)14-21/h4-17H,3,19H2,1-2H3,(H,33,34)/b25-15+. The van der Waals surface area contributed by atoms with Crippen LogP contribution < -0.4 is 14.8 Å². The number of methoxy groups -OCH3 is 1. The zero-order valence-corrected chi connectivity index (χ0v) is 22.2. The second kappa shape index (κ2) is 11.7. The quantitative estimate of drug-likeness (QED) is 0.135. The van der Waals surface area contributed by atoms with Gasteiger partial charge in [0.25, 0.3) is 5.91 Å². The Bertz CT molecular complexity index is 1470. The molecule has 6 heteroatoms. The van der Waals surface area contributed by atoms with Crippen molar-refractivity contribution in [3.8, 4) is 17.6 Å². The van der Waals surface area contributed by atoms with E-state index in [1.165, 1.54) is 10.9 Å². The molecule has 0 spiro atoms. The summed E-state index contributed by atoms with van der Waals surface area (Å²) in [6.45, 7) is 2.45. The van der Waals surface area contributed by atoms with Crippen molar-refractivity contribution in [1.29, 1.82) is 5.26 Å². The van der Waals surface area contributed by atoms with Gasteiger partial charge in [-0.3, -0.25) is 4.79 Å². The number of nitrogens with zero attached hydrogens (tertiary/aromatic N) is 1. The number of hydrogen-bond donors (Lipinski definition) is 1. The molecular formula is C30H25IN2O3. The van der Waals surface area contributed by atoms with E-state index in [9.17, 15) is 10.1 Å². The Kier molecular flexibility index (Phi) is 8.24. The minimum atomic E-state index is -0.465. The number of ether oxygens (including phenoxy) is 2. The van der Waals surface area contributed by atoms with E-state index in [-0.39, 0.29) is 5.57 Å². The second-order valence-electron chi connectivity index (χ2n) is 8.18. The molecule has 0 atom stereocenters. The van der Waals surface area contributed by atoms with Crippen molar-refractivity contribution in [2.45, 2.75) is 20.0 Å². The number of rotatable bonds is 8. The topological polar surface area (TPSA) is 71.4 Å². The van der Waals surface area contributed by atoms with Crippen LogP contribution in [-0.2, 0) is 17.8 Å². The molecule has 0 heterocycles. The fourth-order valence-corrected chi connectivity index (χ4v) is 4.57. The number of benzene rings is 4. The lowest BCUT2D eigenvalue weighted by atomic mass is 10.1. The van der Waals surface area contributed by atoms with Gasteiger partial charge in [0.15, 0.2) is 11.5 Å². The van der Waals surface area contributed by atoms with Gasteiger partial charge in [0.1, 0.15) is 18.2 Å². The predicted molar refractivity (Wildman–Crippen MR) is 152 cm³/mol. The van der Waals surface area contributed by atoms with Crippen molar-refractivity contribution < 1.29 is 14.3 Å². The van der Waals surface area contributed by atoms with Crippen LogP contribution in [0.2, 0.25) is 0 Å². The number of nitrogens with one attached hydrogen (secondary N) is 1. The number of fused-ring (bicyclic) bond motifs is 1. The molecule has 4 aromatic rings. The first-order valence-electron chi connectivity index (χ1n) is 11.5. The average molecular weight is 588 g/mol. The molecule has 0 aromatic heterocycles. The van der Waals surface area contributed by atoms with Crippen molar-refractivity contribution in [3.63, 3.8) is 0 Å². The van der Waals surface area contributed by atoms with Gasteiger partial charge in [-0.15, -0.1) is 0 Å². The molecule has 4 rings (SSSR count). The lowest BCUT2D eigenvalue weighted by Gasteiger charge is -2.14. The van der Waals surface area contributed by atoms with E-state index in [0.717, 1.165) is 20.9 Å². The average Bonchev–Trinajstić information content (AvgIpc) is 2.91. The zero-order valence-electron chi connectivity index (χ0n) is 20.0. The first-order valence-corrected chi connectivity index (χ1v) is 12.6. The predicted octanol–water partition coefficient (Wildman–Crippen LogP) is 7.14. The molecule has 36 heavy (non-hydrogen) atoms. The van der Waals surface area contributed by atoms with Crippen LogP contribution in [0.25, 0.3) is 16.8 Å². The van der Waals surface area contributed by atoms with Crippen LogP contribution in [0, 0.1) is 14.9 Å². The van der Waals surface area contributed by atoms with Crippen LogP contribution in [0.4, 0.5) is 5.69 Å². The number of anilines is 1. The number of halogens is 1. The van der Waals surface area contributed by atoms with Crippen LogP contribution in [-0.4, -0.2) is 13.0 Å². The first kappa shape index (κ1) is 25.3. The maximum atomic E-state index is 12.7. The lowest BCUT2D eigenvalue weighted by Crippen LogP contribution is -2.13. The van der Waals surface area contributed by atoms with Gasteiger partial charge in [0, 0.05) is 5.69 Å². The molecule has 5 nitrogen and oxygen atoms in total. The summed E-state index contributed by atoms with van der Waals surface area (Å²) < 4.78 is 12.5. The minimum Gasteiger partial charge on any atom is -0.493 e. The van der Waals surface area contributed by atoms with Gasteiger partial charge in [-0.25, -0.2) is 0 Å². The first-order chi connectivity index (χ1) is 17.5. The normalized spacial score (nSPS) is 11.1. The largest absolute Gasteiger partial charge is 0.493 e. The molecule has 0 aliphatic rings. The van der Waals surface area contributed by atoms with Gasteiger partial charge < -0.3 is 14.8 Å². The Morgan fingerprint density at radius 2 is 1.72 bits per heavy atom. The van der Waals surface area contributed by atoms with Crippen molar-refractivity contribution in [3.05, 3.63) is 105 Å². The molecule has 0 aliphatic carbocycles. The van der Waals surface area contributed by atoms with E-state index in [2.05, 4.69) is 59.1 Å². The number of aryl methyl sites for hydroxylation is 1. The SMILES string of the molecule is CCc1ccc(NC(=O)/C(C#N)=C/c2cc(I)c(OCc3ccc4ccccc4c3)c(OC)c2)cc1. The molecule has 0 bridgehead atoms. The minimum absolute atomic E-state index is 0.00254. The molecule has 1 N–H and O–H groups in total. The summed E-state index contributed by atoms with van der Waals surface area (Å²) >= 11 is 2.18. The highest BCUT2D eigenvalue weighted by atomic mass is 127. The third kappa shape index (κ3) is 6.04. The summed E-state index contributed by atoms with van der Waals surface area (Å²) in [5.74, 6) is 0.677. The summed E-state index contributed by atoms with van der Waals surface area (Å²) in [6, 6.07) is 27.6. The zero-order chi connectivity index (χ0) is 25.5. The van der Waals surface area contributed by atoms with E-state index in [4.69, 9.17) is 9.47 Å². The fraction of sp³-hybridized carbons (Fsp3) is 0.133. The van der Waals surface area contributed by atoms with Crippen molar-refractivity contribution >= 4 is 51.0 Å². The molecule has 180 valence electrons. The van der Waals surface area contributed by atoms with E-state index < -0.39 is 5.91 Å². The summed E-state index contributed by atoms with van der Waals surface area (Å²) in [6.07, 6.45) is 2.47. The highest BCUT2D eigenvalue weighted by Crippen LogP contribution is 2.35. The van der Waals surface area contributed by atoms with E-state index >= 15 is 0 Å². The van der Waals surface area contributed by atoms with Gasteiger partial charge in [0.2, 0.25) is 0 Å². The number of nitriles is 1. The summed E-state index contributed by atoms with van der Waals surface area (Å²) in [5.41, 5.74) is 3.53. The number of carbonyl (C=O) groups excluding carboxylic acids is 1. The second-order valence-corrected chi connectivity index (χ2v) is 9.34. The van der Waals surface area contributed by atoms with E-state index in [0.29, 0.717) is 29.4 Å². The molecule has 0 aliphatic heterocycles. The molecule has 4 aromatic carbocycles. The van der Waals surface area contributed by atoms with Gasteiger partial charge in [0.05, 0.1) is 10.7 Å². The Labute approximate surface area is 224 Å². The Morgan fingerprint density at radius 3 is 2.42 bits per heavy atom. The molecule has 1 amide bonds. The van der Waals surface area contributed by atoms with Crippen LogP contribution in [0.5, 0.6) is 11.5 Å². The van der Waals surface area contributed by atoms with Crippen LogP contribution in [0.1, 0.15) is 23.6 Å². The molecule has 0 saturated heterocycles.